The van der Waals surface area contributed by atoms with Gasteiger partial charge in [-0.3, -0.25) is 9.69 Å². The normalized spacial score (nSPS) is 14.9. The maximum atomic E-state index is 12.6. The van der Waals surface area contributed by atoms with Crippen molar-refractivity contribution in [2.75, 3.05) is 39.4 Å². The summed E-state index contributed by atoms with van der Waals surface area (Å²) in [6.07, 6.45) is 3.16. The Balaban J connectivity index is 1.43. The van der Waals surface area contributed by atoms with Gasteiger partial charge in [-0.1, -0.05) is 29.8 Å². The zero-order valence-electron chi connectivity index (χ0n) is 16.3. The first-order chi connectivity index (χ1) is 14.2. The molecule has 1 amide bonds. The summed E-state index contributed by atoms with van der Waals surface area (Å²) in [6, 6.07) is 13.4. The van der Waals surface area contributed by atoms with Crippen molar-refractivity contribution in [1.82, 2.24) is 19.6 Å². The Hall–Kier alpha value is -2.41. The van der Waals surface area contributed by atoms with Gasteiger partial charge in [0.15, 0.2) is 0 Å². The fourth-order valence-corrected chi connectivity index (χ4v) is 3.75. The SMILES string of the molecule is O=C(Cc1c(-c2ccc(Cl)cc2)nc2ccccn12)NCCCN1CCOCC1. The van der Waals surface area contributed by atoms with E-state index >= 15 is 0 Å². The van der Waals surface area contributed by atoms with Gasteiger partial charge in [-0.15, -0.1) is 0 Å². The van der Waals surface area contributed by atoms with Crippen molar-refractivity contribution in [1.29, 1.82) is 0 Å². The molecule has 0 atom stereocenters. The molecule has 1 aliphatic heterocycles. The molecule has 7 heteroatoms. The minimum atomic E-state index is 0.00726. The number of amides is 1. The number of rotatable bonds is 7. The Labute approximate surface area is 175 Å². The molecule has 3 heterocycles. The Bertz CT molecular complexity index is 965. The number of morpholine rings is 1. The third-order valence-corrected chi connectivity index (χ3v) is 5.40. The van der Waals surface area contributed by atoms with E-state index in [9.17, 15) is 4.79 Å². The predicted molar refractivity (Wildman–Crippen MR) is 114 cm³/mol. The highest BCUT2D eigenvalue weighted by Gasteiger charge is 2.17. The van der Waals surface area contributed by atoms with Gasteiger partial charge in [0.25, 0.3) is 0 Å². The number of nitrogens with one attached hydrogen (secondary N) is 1. The van der Waals surface area contributed by atoms with Gasteiger partial charge < -0.3 is 14.5 Å². The number of benzene rings is 1. The Morgan fingerprint density at radius 3 is 2.72 bits per heavy atom. The van der Waals surface area contributed by atoms with E-state index in [0.29, 0.717) is 11.6 Å². The standard InChI is InChI=1S/C22H25ClN4O2/c23-18-7-5-17(6-8-18)22-19(27-11-2-1-4-20(27)25-22)16-21(28)24-9-3-10-26-12-14-29-15-13-26/h1-2,4-8,11H,3,9-10,12-16H2,(H,24,28). The fraction of sp³-hybridized carbons (Fsp3) is 0.364. The van der Waals surface area contributed by atoms with E-state index in [4.69, 9.17) is 21.3 Å². The van der Waals surface area contributed by atoms with Gasteiger partial charge in [-0.05, 0) is 37.2 Å². The average Bonchev–Trinajstić information content (AvgIpc) is 3.11. The second-order valence-corrected chi connectivity index (χ2v) is 7.61. The van der Waals surface area contributed by atoms with E-state index in [1.54, 1.807) is 0 Å². The van der Waals surface area contributed by atoms with Crippen LogP contribution in [-0.2, 0) is 16.0 Å². The molecule has 0 spiro atoms. The first-order valence-corrected chi connectivity index (χ1v) is 10.4. The van der Waals surface area contributed by atoms with Crippen molar-refractivity contribution >= 4 is 23.2 Å². The number of hydrogen-bond donors (Lipinski definition) is 1. The lowest BCUT2D eigenvalue weighted by Gasteiger charge is -2.26. The zero-order valence-corrected chi connectivity index (χ0v) is 17.1. The molecule has 1 aliphatic rings. The van der Waals surface area contributed by atoms with Crippen LogP contribution < -0.4 is 5.32 Å². The average molecular weight is 413 g/mol. The zero-order chi connectivity index (χ0) is 20.1. The predicted octanol–water partition coefficient (Wildman–Crippen LogP) is 3.04. The van der Waals surface area contributed by atoms with Crippen LogP contribution in [0.15, 0.2) is 48.7 Å². The molecule has 2 aromatic heterocycles. The van der Waals surface area contributed by atoms with E-state index < -0.39 is 0 Å². The van der Waals surface area contributed by atoms with Gasteiger partial charge in [0, 0.05) is 36.4 Å². The maximum absolute atomic E-state index is 12.6. The van der Waals surface area contributed by atoms with Gasteiger partial charge in [-0.2, -0.15) is 0 Å². The van der Waals surface area contributed by atoms with E-state index in [1.807, 2.05) is 53.1 Å². The van der Waals surface area contributed by atoms with Crippen LogP contribution in [0, 0.1) is 0 Å². The second kappa shape index (κ2) is 9.39. The number of aromatic nitrogens is 2. The first-order valence-electron chi connectivity index (χ1n) is 9.99. The molecule has 0 unspecified atom stereocenters. The highest BCUT2D eigenvalue weighted by Crippen LogP contribution is 2.26. The number of carbonyl (C=O) groups excluding carboxylic acids is 1. The topological polar surface area (TPSA) is 58.9 Å². The third kappa shape index (κ3) is 4.96. The minimum Gasteiger partial charge on any atom is -0.379 e. The van der Waals surface area contributed by atoms with Crippen molar-refractivity contribution in [2.45, 2.75) is 12.8 Å². The van der Waals surface area contributed by atoms with E-state index in [2.05, 4.69) is 10.2 Å². The summed E-state index contributed by atoms with van der Waals surface area (Å²) in [6.45, 7) is 5.20. The summed E-state index contributed by atoms with van der Waals surface area (Å²) in [4.78, 5) is 19.8. The van der Waals surface area contributed by atoms with Crippen molar-refractivity contribution in [3.63, 3.8) is 0 Å². The van der Waals surface area contributed by atoms with E-state index in [-0.39, 0.29) is 12.3 Å². The second-order valence-electron chi connectivity index (χ2n) is 7.18. The van der Waals surface area contributed by atoms with Gasteiger partial charge in [0.1, 0.15) is 5.65 Å². The summed E-state index contributed by atoms with van der Waals surface area (Å²) in [5.41, 5.74) is 3.48. The largest absolute Gasteiger partial charge is 0.379 e. The summed E-state index contributed by atoms with van der Waals surface area (Å²) < 4.78 is 7.35. The number of ether oxygens (including phenoxy) is 1. The molecule has 29 heavy (non-hydrogen) atoms. The summed E-state index contributed by atoms with van der Waals surface area (Å²) in [5, 5.41) is 3.73. The fourth-order valence-electron chi connectivity index (χ4n) is 3.62. The van der Waals surface area contributed by atoms with Crippen LogP contribution in [0.3, 0.4) is 0 Å². The first kappa shape index (κ1) is 19.9. The van der Waals surface area contributed by atoms with Crippen LogP contribution in [-0.4, -0.2) is 59.6 Å². The molecule has 1 saturated heterocycles. The quantitative estimate of drug-likeness (QED) is 0.606. The summed E-state index contributed by atoms with van der Waals surface area (Å²) >= 11 is 6.03. The molecule has 0 bridgehead atoms. The molecule has 3 aromatic rings. The molecule has 6 nitrogen and oxygen atoms in total. The van der Waals surface area contributed by atoms with Crippen molar-refractivity contribution < 1.29 is 9.53 Å². The van der Waals surface area contributed by atoms with Gasteiger partial charge in [0.2, 0.25) is 5.91 Å². The number of pyridine rings is 1. The van der Waals surface area contributed by atoms with Crippen LogP contribution in [0.5, 0.6) is 0 Å². The number of halogens is 1. The summed E-state index contributed by atoms with van der Waals surface area (Å²) in [7, 11) is 0. The Morgan fingerprint density at radius 1 is 1.14 bits per heavy atom. The summed E-state index contributed by atoms with van der Waals surface area (Å²) in [5.74, 6) is 0.00726. The van der Waals surface area contributed by atoms with Crippen LogP contribution >= 0.6 is 11.6 Å². The van der Waals surface area contributed by atoms with Crippen molar-refractivity contribution in [2.24, 2.45) is 0 Å². The lowest BCUT2D eigenvalue weighted by molar-refractivity contribution is -0.120. The Kier molecular flexibility index (Phi) is 6.44. The molecule has 0 saturated carbocycles. The lowest BCUT2D eigenvalue weighted by atomic mass is 10.1. The van der Waals surface area contributed by atoms with Crippen molar-refractivity contribution in [3.05, 3.63) is 59.4 Å². The van der Waals surface area contributed by atoms with E-state index in [1.165, 1.54) is 0 Å². The maximum Gasteiger partial charge on any atom is 0.226 e. The van der Waals surface area contributed by atoms with Crippen LogP contribution in [0.25, 0.3) is 16.9 Å². The van der Waals surface area contributed by atoms with Crippen LogP contribution in [0.4, 0.5) is 0 Å². The third-order valence-electron chi connectivity index (χ3n) is 5.15. The number of nitrogens with zero attached hydrogens (tertiary/aromatic N) is 3. The van der Waals surface area contributed by atoms with Gasteiger partial charge in [0.05, 0.1) is 31.0 Å². The molecular weight excluding hydrogens is 388 g/mol. The molecule has 4 rings (SSSR count). The van der Waals surface area contributed by atoms with E-state index in [0.717, 1.165) is 61.9 Å². The van der Waals surface area contributed by atoms with Gasteiger partial charge in [-0.25, -0.2) is 4.98 Å². The smallest absolute Gasteiger partial charge is 0.226 e. The molecule has 1 aromatic carbocycles. The minimum absolute atomic E-state index is 0.00726. The number of fused-ring (bicyclic) bond motifs is 1. The molecule has 152 valence electrons. The molecular formula is C22H25ClN4O2. The lowest BCUT2D eigenvalue weighted by Crippen LogP contribution is -2.38. The highest BCUT2D eigenvalue weighted by atomic mass is 35.5. The molecule has 0 aliphatic carbocycles. The highest BCUT2D eigenvalue weighted by molar-refractivity contribution is 6.30. The molecule has 1 fully saturated rings. The molecule has 1 N–H and O–H groups in total. The Morgan fingerprint density at radius 2 is 1.93 bits per heavy atom. The van der Waals surface area contributed by atoms with Crippen LogP contribution in [0.1, 0.15) is 12.1 Å². The number of hydrogen-bond acceptors (Lipinski definition) is 4. The number of carbonyl (C=O) groups is 1. The van der Waals surface area contributed by atoms with Crippen molar-refractivity contribution in [3.8, 4) is 11.3 Å². The molecule has 0 radical (unpaired) electrons. The number of imidazole rings is 1. The monoisotopic (exact) mass is 412 g/mol. The van der Waals surface area contributed by atoms with Gasteiger partial charge >= 0.3 is 0 Å². The van der Waals surface area contributed by atoms with Crippen LogP contribution in [0.2, 0.25) is 5.02 Å².